The van der Waals surface area contributed by atoms with Crippen LogP contribution in [0.3, 0.4) is 0 Å². The predicted molar refractivity (Wildman–Crippen MR) is 58.4 cm³/mol. The number of nitrogen functional groups attached to an aromatic ring is 1. The molecule has 0 aliphatic carbocycles. The third-order valence-electron chi connectivity index (χ3n) is 1.58. The molecule has 14 heavy (non-hydrogen) atoms. The third kappa shape index (κ3) is 8.82. The topological polar surface area (TPSA) is 26.0 Å². The van der Waals surface area contributed by atoms with Crippen LogP contribution in [-0.2, 0) is 0 Å². The quantitative estimate of drug-likeness (QED) is 0.753. The SMILES string of the molecule is C.C.CC(C)c1cccc(N)c1.[Ar].[Ar]. The van der Waals surface area contributed by atoms with Gasteiger partial charge in [-0.3, -0.25) is 0 Å². The molecule has 1 rings (SSSR count). The number of hydrogen-bond acceptors (Lipinski definition) is 1. The van der Waals surface area contributed by atoms with Gasteiger partial charge in [0.15, 0.2) is 0 Å². The first-order valence-electron chi connectivity index (χ1n) is 3.55. The molecule has 0 aromatic heterocycles. The largest absolute Gasteiger partial charge is 0.399 e. The van der Waals surface area contributed by atoms with Crippen LogP contribution in [0.2, 0.25) is 0 Å². The van der Waals surface area contributed by atoms with Gasteiger partial charge in [0.2, 0.25) is 0 Å². The molecule has 0 unspecified atom stereocenters. The summed E-state index contributed by atoms with van der Waals surface area (Å²) in [5.41, 5.74) is 7.75. The number of rotatable bonds is 1. The summed E-state index contributed by atoms with van der Waals surface area (Å²) in [5.74, 6) is 0.573. The fourth-order valence-electron chi connectivity index (χ4n) is 0.918. The first-order chi connectivity index (χ1) is 4.70. The van der Waals surface area contributed by atoms with Gasteiger partial charge in [0.1, 0.15) is 0 Å². The van der Waals surface area contributed by atoms with E-state index in [9.17, 15) is 0 Å². The summed E-state index contributed by atoms with van der Waals surface area (Å²) in [6.07, 6.45) is 0. The summed E-state index contributed by atoms with van der Waals surface area (Å²) in [4.78, 5) is 0. The standard InChI is InChI=1S/C9H13N.2CH4.2Ar/c1-7(2)8-4-3-5-9(10)6-8;;;;/h3-7H,10H2,1-2H3;2*1H4;;. The maximum Gasteiger partial charge on any atom is 0.0316 e. The van der Waals surface area contributed by atoms with Gasteiger partial charge in [0, 0.05) is 81.2 Å². The molecule has 1 nitrogen and oxygen atoms in total. The van der Waals surface area contributed by atoms with E-state index in [2.05, 4.69) is 19.9 Å². The van der Waals surface area contributed by atoms with Crippen molar-refractivity contribution < 1.29 is 75.5 Å². The minimum Gasteiger partial charge on any atom is -0.399 e. The monoisotopic (exact) mass is 247 g/mol. The smallest absolute Gasteiger partial charge is 0.0316 e. The van der Waals surface area contributed by atoms with E-state index in [1.54, 1.807) is 0 Å². The van der Waals surface area contributed by atoms with Crippen molar-refractivity contribution in [3.63, 3.8) is 0 Å². The number of anilines is 1. The summed E-state index contributed by atoms with van der Waals surface area (Å²) in [7, 11) is 0. The molecule has 0 atom stereocenters. The third-order valence-corrected chi connectivity index (χ3v) is 1.58. The zero-order valence-electron chi connectivity index (χ0n) is 7.17. The molecule has 0 heterocycles. The van der Waals surface area contributed by atoms with Crippen molar-refractivity contribution in [1.82, 2.24) is 0 Å². The molecule has 3 heteroatoms. The number of benzene rings is 1. The second kappa shape index (κ2) is 12.6. The Kier molecular flexibility index (Phi) is 22.2. The van der Waals surface area contributed by atoms with Crippen LogP contribution in [0, 0.1) is 75.5 Å². The van der Waals surface area contributed by atoms with Gasteiger partial charge in [-0.05, 0) is 23.6 Å². The van der Waals surface area contributed by atoms with Crippen molar-refractivity contribution in [3.05, 3.63) is 29.8 Å². The number of nitrogens with two attached hydrogens (primary N) is 1. The van der Waals surface area contributed by atoms with E-state index in [1.165, 1.54) is 5.56 Å². The van der Waals surface area contributed by atoms with Crippen molar-refractivity contribution in [3.8, 4) is 0 Å². The van der Waals surface area contributed by atoms with Gasteiger partial charge in [-0.1, -0.05) is 40.8 Å². The number of hydrogen-bond donors (Lipinski definition) is 1. The van der Waals surface area contributed by atoms with E-state index in [1.807, 2.05) is 18.2 Å². The van der Waals surface area contributed by atoms with Gasteiger partial charge in [-0.25, -0.2) is 0 Å². The van der Waals surface area contributed by atoms with Gasteiger partial charge >= 0.3 is 0 Å². The van der Waals surface area contributed by atoms with E-state index >= 15 is 0 Å². The average molecular weight is 247 g/mol. The maximum absolute atomic E-state index is 5.60. The molecule has 0 spiro atoms. The molecule has 0 radical (unpaired) electrons. The molecule has 0 bridgehead atoms. The van der Waals surface area contributed by atoms with Crippen molar-refractivity contribution in [2.45, 2.75) is 34.6 Å². The van der Waals surface area contributed by atoms with Crippen LogP contribution >= 0.6 is 0 Å². The van der Waals surface area contributed by atoms with E-state index in [0.717, 1.165) is 5.69 Å². The van der Waals surface area contributed by atoms with Crippen LogP contribution < -0.4 is 5.73 Å². The average Bonchev–Trinajstić information content (AvgIpc) is 1.88. The maximum atomic E-state index is 5.60. The molecule has 1 aromatic rings. The molecule has 0 aliphatic heterocycles. The fraction of sp³-hybridized carbons (Fsp3) is 0.455. The first kappa shape index (κ1) is 24.7. The van der Waals surface area contributed by atoms with Crippen LogP contribution in [0.4, 0.5) is 5.69 Å². The predicted octanol–water partition coefficient (Wildman–Crippen LogP) is 3.66. The van der Waals surface area contributed by atoms with Gasteiger partial charge in [0.05, 0.1) is 0 Å². The Morgan fingerprint density at radius 2 is 1.57 bits per heavy atom. The normalized spacial score (nSPS) is 7.36. The molecule has 0 amide bonds. The van der Waals surface area contributed by atoms with Crippen molar-refractivity contribution in [2.75, 3.05) is 5.73 Å². The summed E-state index contributed by atoms with van der Waals surface area (Å²) >= 11 is 0. The molecule has 2 N–H and O–H groups in total. The Bertz CT molecular complexity index is 224. The van der Waals surface area contributed by atoms with Crippen molar-refractivity contribution >= 4 is 5.69 Å². The van der Waals surface area contributed by atoms with Crippen molar-refractivity contribution in [2.24, 2.45) is 0 Å². The summed E-state index contributed by atoms with van der Waals surface area (Å²) in [5, 5.41) is 0. The molecule has 0 aliphatic rings. The molecular formula is C11H21Ar2N. The molecular weight excluding hydrogens is 226 g/mol. The second-order valence-electron chi connectivity index (χ2n) is 2.82. The molecule has 0 fully saturated rings. The zero-order valence-corrected chi connectivity index (χ0v) is 8.59. The van der Waals surface area contributed by atoms with Crippen LogP contribution in [0.5, 0.6) is 0 Å². The van der Waals surface area contributed by atoms with Gasteiger partial charge in [-0.15, -0.1) is 0 Å². The van der Waals surface area contributed by atoms with E-state index < -0.39 is 0 Å². The molecule has 0 saturated heterocycles. The van der Waals surface area contributed by atoms with E-state index in [-0.39, 0.29) is 90.3 Å². The van der Waals surface area contributed by atoms with Gasteiger partial charge in [-0.2, -0.15) is 0 Å². The Balaban J connectivity index is -0.000000125. The van der Waals surface area contributed by atoms with E-state index in [4.69, 9.17) is 5.73 Å². The van der Waals surface area contributed by atoms with E-state index in [0.29, 0.717) is 5.92 Å². The van der Waals surface area contributed by atoms with Crippen molar-refractivity contribution in [1.29, 1.82) is 0 Å². The minimum absolute atomic E-state index is 0. The Labute approximate surface area is 149 Å². The molecule has 0 saturated carbocycles. The zero-order chi connectivity index (χ0) is 7.56. The first-order valence-corrected chi connectivity index (χ1v) is 3.55. The minimum atomic E-state index is 0. The molecule has 86 valence electrons. The van der Waals surface area contributed by atoms with Gasteiger partial charge in [0.25, 0.3) is 0 Å². The summed E-state index contributed by atoms with van der Waals surface area (Å²) in [6, 6.07) is 8.02. The fourth-order valence-corrected chi connectivity index (χ4v) is 0.918. The molecule has 1 aromatic carbocycles. The van der Waals surface area contributed by atoms with Crippen LogP contribution in [0.25, 0.3) is 0 Å². The second-order valence-corrected chi connectivity index (χ2v) is 2.82. The summed E-state index contributed by atoms with van der Waals surface area (Å²) in [6.45, 7) is 4.32. The Morgan fingerprint density at radius 3 is 1.86 bits per heavy atom. The van der Waals surface area contributed by atoms with Crippen LogP contribution in [-0.4, -0.2) is 0 Å². The Hall–Kier alpha value is 1.54. The van der Waals surface area contributed by atoms with Gasteiger partial charge < -0.3 is 5.73 Å². The van der Waals surface area contributed by atoms with Crippen LogP contribution in [0.15, 0.2) is 24.3 Å². The summed E-state index contributed by atoms with van der Waals surface area (Å²) < 4.78 is 0. The van der Waals surface area contributed by atoms with Crippen LogP contribution in [0.1, 0.15) is 40.2 Å². The Morgan fingerprint density at radius 1 is 1.07 bits per heavy atom.